The normalized spacial score (nSPS) is 14.2. The number of aliphatic hydroxyl groups excluding tert-OH is 2. The van der Waals surface area contributed by atoms with Gasteiger partial charge >= 0.3 is 5.63 Å². The molecule has 1 aromatic carbocycles. The molecular weight excluding hydrogens is 260 g/mol. The SMILES string of the molecule is CC[C@@H](O)[C@H](O)CCOc1ccc2ccc(=O)oc2c1. The van der Waals surface area contributed by atoms with E-state index in [0.717, 1.165) is 5.39 Å². The van der Waals surface area contributed by atoms with Gasteiger partial charge in [-0.3, -0.25) is 0 Å². The maximum Gasteiger partial charge on any atom is 0.336 e. The van der Waals surface area contributed by atoms with Crippen molar-refractivity contribution in [2.24, 2.45) is 0 Å². The van der Waals surface area contributed by atoms with Gasteiger partial charge in [-0.25, -0.2) is 4.79 Å². The van der Waals surface area contributed by atoms with Crippen LogP contribution in [0.4, 0.5) is 0 Å². The number of ether oxygens (including phenoxy) is 1. The van der Waals surface area contributed by atoms with Crippen LogP contribution in [0, 0.1) is 0 Å². The molecule has 2 atom stereocenters. The first-order valence-electron chi connectivity index (χ1n) is 6.63. The third kappa shape index (κ3) is 3.59. The van der Waals surface area contributed by atoms with E-state index < -0.39 is 17.8 Å². The van der Waals surface area contributed by atoms with Crippen LogP contribution < -0.4 is 10.4 Å². The van der Waals surface area contributed by atoms with E-state index in [4.69, 9.17) is 9.15 Å². The van der Waals surface area contributed by atoms with Crippen molar-refractivity contribution in [3.8, 4) is 5.75 Å². The second-order valence-corrected chi connectivity index (χ2v) is 4.63. The molecule has 0 saturated carbocycles. The molecule has 5 nitrogen and oxygen atoms in total. The zero-order chi connectivity index (χ0) is 14.5. The third-order valence-electron chi connectivity index (χ3n) is 3.14. The Kier molecular flexibility index (Phi) is 4.76. The number of hydrogen-bond acceptors (Lipinski definition) is 5. The summed E-state index contributed by atoms with van der Waals surface area (Å²) in [5, 5.41) is 19.9. The summed E-state index contributed by atoms with van der Waals surface area (Å²) in [5.41, 5.74) is 0.0558. The van der Waals surface area contributed by atoms with Crippen LogP contribution in [0.3, 0.4) is 0 Å². The fourth-order valence-electron chi connectivity index (χ4n) is 1.89. The smallest absolute Gasteiger partial charge is 0.336 e. The largest absolute Gasteiger partial charge is 0.493 e. The molecule has 0 fully saturated rings. The maximum absolute atomic E-state index is 11.1. The minimum Gasteiger partial charge on any atom is -0.493 e. The standard InChI is InChI=1S/C15H18O5/c1-2-12(16)13(17)7-8-19-11-5-3-10-4-6-15(18)20-14(10)9-11/h3-6,9,12-13,16-17H,2,7-8H2,1H3/t12-,13-/m1/s1. The van der Waals surface area contributed by atoms with Crippen molar-refractivity contribution in [3.05, 3.63) is 40.8 Å². The molecule has 5 heteroatoms. The molecule has 0 aliphatic heterocycles. The summed E-state index contributed by atoms with van der Waals surface area (Å²) in [6, 6.07) is 8.26. The van der Waals surface area contributed by atoms with Crippen molar-refractivity contribution in [2.45, 2.75) is 32.0 Å². The molecule has 1 aromatic heterocycles. The Hall–Kier alpha value is -1.85. The van der Waals surface area contributed by atoms with Crippen LogP contribution in [0.25, 0.3) is 11.0 Å². The van der Waals surface area contributed by atoms with Gasteiger partial charge in [0.1, 0.15) is 11.3 Å². The quantitative estimate of drug-likeness (QED) is 0.786. The Labute approximate surface area is 116 Å². The molecular formula is C15H18O5. The number of fused-ring (bicyclic) bond motifs is 1. The lowest BCUT2D eigenvalue weighted by atomic mass is 10.1. The molecule has 0 aliphatic rings. The molecule has 0 radical (unpaired) electrons. The van der Waals surface area contributed by atoms with Crippen molar-refractivity contribution in [3.63, 3.8) is 0 Å². The summed E-state index contributed by atoms with van der Waals surface area (Å²) >= 11 is 0. The first-order valence-corrected chi connectivity index (χ1v) is 6.63. The molecule has 2 aromatic rings. The van der Waals surface area contributed by atoms with Crippen LogP contribution in [-0.4, -0.2) is 29.0 Å². The van der Waals surface area contributed by atoms with E-state index in [1.165, 1.54) is 6.07 Å². The first kappa shape index (κ1) is 14.6. The Balaban J connectivity index is 1.98. The van der Waals surface area contributed by atoms with Gasteiger partial charge in [-0.15, -0.1) is 0 Å². The lowest BCUT2D eigenvalue weighted by Crippen LogP contribution is -2.26. The fraction of sp³-hybridized carbons (Fsp3) is 0.400. The lowest BCUT2D eigenvalue weighted by Gasteiger charge is -2.16. The van der Waals surface area contributed by atoms with E-state index in [9.17, 15) is 15.0 Å². The molecule has 20 heavy (non-hydrogen) atoms. The summed E-state index contributed by atoms with van der Waals surface area (Å²) in [5.74, 6) is 0.560. The topological polar surface area (TPSA) is 79.9 Å². The van der Waals surface area contributed by atoms with E-state index in [0.29, 0.717) is 24.2 Å². The Bertz CT molecular complexity index is 619. The zero-order valence-electron chi connectivity index (χ0n) is 11.3. The van der Waals surface area contributed by atoms with Crippen LogP contribution in [0.5, 0.6) is 5.75 Å². The zero-order valence-corrected chi connectivity index (χ0v) is 11.3. The van der Waals surface area contributed by atoms with Gasteiger partial charge in [0.15, 0.2) is 0 Å². The van der Waals surface area contributed by atoms with Crippen molar-refractivity contribution < 1.29 is 19.4 Å². The van der Waals surface area contributed by atoms with Crippen LogP contribution in [0.1, 0.15) is 19.8 Å². The minimum atomic E-state index is -0.793. The average Bonchev–Trinajstić information content (AvgIpc) is 2.45. The highest BCUT2D eigenvalue weighted by Crippen LogP contribution is 2.19. The summed E-state index contributed by atoms with van der Waals surface area (Å²) in [6.45, 7) is 2.08. The second kappa shape index (κ2) is 6.54. The summed E-state index contributed by atoms with van der Waals surface area (Å²) in [6.07, 6.45) is -0.680. The van der Waals surface area contributed by atoms with E-state index in [-0.39, 0.29) is 6.61 Å². The molecule has 1 heterocycles. The second-order valence-electron chi connectivity index (χ2n) is 4.63. The summed E-state index contributed by atoms with van der Waals surface area (Å²) in [7, 11) is 0. The Morgan fingerprint density at radius 2 is 1.95 bits per heavy atom. The van der Waals surface area contributed by atoms with Crippen LogP contribution in [0.2, 0.25) is 0 Å². The van der Waals surface area contributed by atoms with Gasteiger partial charge in [0.25, 0.3) is 0 Å². The maximum atomic E-state index is 11.1. The van der Waals surface area contributed by atoms with E-state index in [1.54, 1.807) is 31.2 Å². The molecule has 0 bridgehead atoms. The van der Waals surface area contributed by atoms with Crippen molar-refractivity contribution in [1.29, 1.82) is 0 Å². The van der Waals surface area contributed by atoms with Gasteiger partial charge in [-0.05, 0) is 24.6 Å². The highest BCUT2D eigenvalue weighted by atomic mass is 16.5. The van der Waals surface area contributed by atoms with Crippen molar-refractivity contribution >= 4 is 11.0 Å². The number of benzene rings is 1. The lowest BCUT2D eigenvalue weighted by molar-refractivity contribution is 0.00569. The van der Waals surface area contributed by atoms with Crippen molar-refractivity contribution in [2.75, 3.05) is 6.61 Å². The van der Waals surface area contributed by atoms with Crippen molar-refractivity contribution in [1.82, 2.24) is 0 Å². The Morgan fingerprint density at radius 3 is 2.70 bits per heavy atom. The molecule has 0 aliphatic carbocycles. The fourth-order valence-corrected chi connectivity index (χ4v) is 1.89. The van der Waals surface area contributed by atoms with Crippen LogP contribution in [0.15, 0.2) is 39.5 Å². The first-order chi connectivity index (χ1) is 9.60. The van der Waals surface area contributed by atoms with Crippen LogP contribution in [-0.2, 0) is 0 Å². The minimum absolute atomic E-state index is 0.279. The predicted molar refractivity (Wildman–Crippen MR) is 74.9 cm³/mol. The molecule has 108 valence electrons. The Morgan fingerprint density at radius 1 is 1.20 bits per heavy atom. The van der Waals surface area contributed by atoms with Gasteiger partial charge in [0.05, 0.1) is 18.8 Å². The van der Waals surface area contributed by atoms with Gasteiger partial charge in [0, 0.05) is 23.9 Å². The van der Waals surface area contributed by atoms with E-state index in [2.05, 4.69) is 0 Å². The third-order valence-corrected chi connectivity index (χ3v) is 3.14. The monoisotopic (exact) mass is 278 g/mol. The molecule has 0 unspecified atom stereocenters. The van der Waals surface area contributed by atoms with Crippen LogP contribution >= 0.6 is 0 Å². The van der Waals surface area contributed by atoms with Gasteiger partial charge in [-0.1, -0.05) is 6.92 Å². The van der Waals surface area contributed by atoms with Gasteiger partial charge in [0.2, 0.25) is 0 Å². The highest BCUT2D eigenvalue weighted by molar-refractivity contribution is 5.77. The number of hydrogen-bond donors (Lipinski definition) is 2. The van der Waals surface area contributed by atoms with E-state index in [1.807, 2.05) is 0 Å². The van der Waals surface area contributed by atoms with E-state index >= 15 is 0 Å². The van der Waals surface area contributed by atoms with Gasteiger partial charge in [-0.2, -0.15) is 0 Å². The molecule has 0 spiro atoms. The number of aliphatic hydroxyl groups is 2. The summed E-state index contributed by atoms with van der Waals surface area (Å²) < 4.78 is 10.5. The highest BCUT2D eigenvalue weighted by Gasteiger charge is 2.13. The summed E-state index contributed by atoms with van der Waals surface area (Å²) in [4.78, 5) is 11.1. The molecule has 0 saturated heterocycles. The average molecular weight is 278 g/mol. The number of rotatable bonds is 6. The molecule has 2 N–H and O–H groups in total. The molecule has 2 rings (SSSR count). The predicted octanol–water partition coefficient (Wildman–Crippen LogP) is 1.69. The molecule has 0 amide bonds. The van der Waals surface area contributed by atoms with Gasteiger partial charge < -0.3 is 19.4 Å².